The normalized spacial score (nSPS) is 12.8. The van der Waals surface area contributed by atoms with Gasteiger partial charge in [-0.05, 0) is 55.9 Å². The molecule has 0 radical (unpaired) electrons. The highest BCUT2D eigenvalue weighted by atomic mass is 32.2. The fourth-order valence-electron chi connectivity index (χ4n) is 2.69. The van der Waals surface area contributed by atoms with E-state index >= 15 is 0 Å². The molecule has 2 aromatic rings. The van der Waals surface area contributed by atoms with Crippen LogP contribution in [0.4, 0.5) is 0 Å². The highest BCUT2D eigenvalue weighted by molar-refractivity contribution is 7.86. The van der Waals surface area contributed by atoms with Crippen LogP contribution in [0.3, 0.4) is 0 Å². The predicted molar refractivity (Wildman–Crippen MR) is 110 cm³/mol. The second-order valence-electron chi connectivity index (χ2n) is 6.92. The fraction of sp³-hybridized carbons (Fsp3) is 0.455. The first-order chi connectivity index (χ1) is 13.4. The second-order valence-corrected chi connectivity index (χ2v) is 8.54. The minimum Gasteiger partial charge on any atom is -0.391 e. The third-order valence-electron chi connectivity index (χ3n) is 4.49. The topological polar surface area (TPSA) is 72.8 Å². The average Bonchev–Trinajstić information content (AvgIpc) is 2.68. The first kappa shape index (κ1) is 22.6. The lowest BCUT2D eigenvalue weighted by atomic mass is 10.1. The van der Waals surface area contributed by atoms with Crippen LogP contribution in [-0.4, -0.2) is 32.8 Å². The molecule has 1 unspecified atom stereocenters. The Morgan fingerprint density at radius 2 is 1.61 bits per heavy atom. The van der Waals surface area contributed by atoms with Gasteiger partial charge in [0.05, 0.1) is 30.8 Å². The molecule has 0 spiro atoms. The van der Waals surface area contributed by atoms with Gasteiger partial charge in [-0.2, -0.15) is 8.42 Å². The molecule has 0 fully saturated rings. The van der Waals surface area contributed by atoms with Gasteiger partial charge >= 0.3 is 0 Å². The summed E-state index contributed by atoms with van der Waals surface area (Å²) in [6, 6.07) is 14.8. The number of ether oxygens (including phenoxy) is 1. The van der Waals surface area contributed by atoms with Gasteiger partial charge < -0.3 is 9.84 Å². The van der Waals surface area contributed by atoms with E-state index in [2.05, 4.69) is 19.1 Å². The lowest BCUT2D eigenvalue weighted by Crippen LogP contribution is -2.15. The quantitative estimate of drug-likeness (QED) is 0.426. The molecule has 2 aromatic carbocycles. The Morgan fingerprint density at radius 3 is 2.25 bits per heavy atom. The lowest BCUT2D eigenvalue weighted by Gasteiger charge is -2.12. The predicted octanol–water partition coefficient (Wildman–Crippen LogP) is 4.01. The Balaban J connectivity index is 1.59. The first-order valence-corrected chi connectivity index (χ1v) is 11.1. The van der Waals surface area contributed by atoms with E-state index in [0.29, 0.717) is 25.9 Å². The molecule has 0 saturated carbocycles. The molecule has 6 heteroatoms. The van der Waals surface area contributed by atoms with E-state index in [1.165, 1.54) is 5.56 Å². The van der Waals surface area contributed by atoms with Crippen molar-refractivity contribution in [1.29, 1.82) is 0 Å². The number of aliphatic hydroxyl groups excluding tert-OH is 1. The Kier molecular flexibility index (Phi) is 9.12. The Bertz CT molecular complexity index is 798. The highest BCUT2D eigenvalue weighted by Gasteiger charge is 2.14. The SMILES string of the molecule is CCc1ccc(COCC(O)CCCCOS(=O)(=O)c2ccc(C)cc2)cc1. The van der Waals surface area contributed by atoms with Crippen LogP contribution in [0.15, 0.2) is 53.4 Å². The summed E-state index contributed by atoms with van der Waals surface area (Å²) in [6.45, 7) is 4.85. The van der Waals surface area contributed by atoms with Crippen LogP contribution in [0.2, 0.25) is 0 Å². The molecule has 1 atom stereocenters. The van der Waals surface area contributed by atoms with E-state index in [-0.39, 0.29) is 18.1 Å². The second kappa shape index (κ2) is 11.3. The molecule has 28 heavy (non-hydrogen) atoms. The minimum absolute atomic E-state index is 0.105. The number of rotatable bonds is 12. The summed E-state index contributed by atoms with van der Waals surface area (Å²) in [5, 5.41) is 9.99. The molecular weight excluding hydrogens is 376 g/mol. The molecule has 0 aliphatic rings. The van der Waals surface area contributed by atoms with Crippen LogP contribution < -0.4 is 0 Å². The van der Waals surface area contributed by atoms with Gasteiger partial charge in [-0.25, -0.2) is 0 Å². The molecule has 0 amide bonds. The number of aliphatic hydroxyl groups is 1. The van der Waals surface area contributed by atoms with Crippen molar-refractivity contribution in [2.24, 2.45) is 0 Å². The van der Waals surface area contributed by atoms with Crippen molar-refractivity contribution in [2.75, 3.05) is 13.2 Å². The van der Waals surface area contributed by atoms with Gasteiger partial charge in [-0.3, -0.25) is 4.18 Å². The zero-order valence-corrected chi connectivity index (χ0v) is 17.5. The summed E-state index contributed by atoms with van der Waals surface area (Å²) in [5.41, 5.74) is 3.36. The highest BCUT2D eigenvalue weighted by Crippen LogP contribution is 2.14. The largest absolute Gasteiger partial charge is 0.391 e. The molecule has 0 bridgehead atoms. The van der Waals surface area contributed by atoms with Gasteiger partial charge in [0.15, 0.2) is 0 Å². The summed E-state index contributed by atoms with van der Waals surface area (Å²) < 4.78 is 34.7. The molecule has 0 aliphatic carbocycles. The van der Waals surface area contributed by atoms with Gasteiger partial charge in [0, 0.05) is 0 Å². The van der Waals surface area contributed by atoms with E-state index < -0.39 is 16.2 Å². The van der Waals surface area contributed by atoms with Crippen molar-refractivity contribution in [3.05, 3.63) is 65.2 Å². The zero-order chi connectivity index (χ0) is 20.4. The van der Waals surface area contributed by atoms with E-state index in [1.807, 2.05) is 19.1 Å². The molecule has 1 N–H and O–H groups in total. The van der Waals surface area contributed by atoms with Gasteiger partial charge in [0.2, 0.25) is 0 Å². The van der Waals surface area contributed by atoms with E-state index in [9.17, 15) is 13.5 Å². The summed E-state index contributed by atoms with van der Waals surface area (Å²) in [4.78, 5) is 0.165. The van der Waals surface area contributed by atoms with Gasteiger partial charge in [0.1, 0.15) is 0 Å². The minimum atomic E-state index is -3.71. The maximum atomic E-state index is 12.1. The number of aryl methyl sites for hydroxylation is 2. The van der Waals surface area contributed by atoms with Crippen molar-refractivity contribution >= 4 is 10.1 Å². The standard InChI is InChI=1S/C22H30O5S/c1-3-19-9-11-20(12-10-19)16-26-17-21(23)6-4-5-15-27-28(24,25)22-13-7-18(2)8-14-22/h7-14,21,23H,3-6,15-17H2,1-2H3. The summed E-state index contributed by atoms with van der Waals surface area (Å²) in [6.07, 6.45) is 2.21. The van der Waals surface area contributed by atoms with Crippen molar-refractivity contribution in [3.8, 4) is 0 Å². The Labute approximate surface area is 168 Å². The molecule has 0 heterocycles. The molecular formula is C22H30O5S. The monoisotopic (exact) mass is 406 g/mol. The third-order valence-corrected chi connectivity index (χ3v) is 5.82. The van der Waals surface area contributed by atoms with Crippen LogP contribution >= 0.6 is 0 Å². The number of benzene rings is 2. The van der Waals surface area contributed by atoms with Crippen LogP contribution in [0.25, 0.3) is 0 Å². The summed E-state index contributed by atoms with van der Waals surface area (Å²) in [5.74, 6) is 0. The number of hydrogen-bond donors (Lipinski definition) is 1. The van der Waals surface area contributed by atoms with Crippen LogP contribution in [0, 0.1) is 6.92 Å². The smallest absolute Gasteiger partial charge is 0.296 e. The molecule has 0 aromatic heterocycles. The molecule has 2 rings (SSSR count). The van der Waals surface area contributed by atoms with Crippen molar-refractivity contribution in [3.63, 3.8) is 0 Å². The Morgan fingerprint density at radius 1 is 0.964 bits per heavy atom. The van der Waals surface area contributed by atoms with Crippen LogP contribution in [0.1, 0.15) is 42.9 Å². The molecule has 5 nitrogen and oxygen atoms in total. The van der Waals surface area contributed by atoms with E-state index in [0.717, 1.165) is 17.5 Å². The van der Waals surface area contributed by atoms with Crippen LogP contribution in [-0.2, 0) is 32.1 Å². The lowest BCUT2D eigenvalue weighted by molar-refractivity contribution is 0.0230. The fourth-order valence-corrected chi connectivity index (χ4v) is 3.63. The third kappa shape index (κ3) is 7.72. The first-order valence-electron chi connectivity index (χ1n) is 9.70. The van der Waals surface area contributed by atoms with Gasteiger partial charge in [-0.15, -0.1) is 0 Å². The van der Waals surface area contributed by atoms with Crippen molar-refractivity contribution in [1.82, 2.24) is 0 Å². The zero-order valence-electron chi connectivity index (χ0n) is 16.6. The Hall–Kier alpha value is -1.73. The van der Waals surface area contributed by atoms with Crippen LogP contribution in [0.5, 0.6) is 0 Å². The maximum absolute atomic E-state index is 12.1. The average molecular weight is 407 g/mol. The van der Waals surface area contributed by atoms with E-state index in [1.54, 1.807) is 24.3 Å². The van der Waals surface area contributed by atoms with Gasteiger partial charge in [0.25, 0.3) is 10.1 Å². The summed E-state index contributed by atoms with van der Waals surface area (Å²) in [7, 11) is -3.71. The molecule has 0 saturated heterocycles. The summed E-state index contributed by atoms with van der Waals surface area (Å²) >= 11 is 0. The molecule has 154 valence electrons. The maximum Gasteiger partial charge on any atom is 0.296 e. The van der Waals surface area contributed by atoms with E-state index in [4.69, 9.17) is 8.92 Å². The van der Waals surface area contributed by atoms with Gasteiger partial charge in [-0.1, -0.05) is 48.9 Å². The van der Waals surface area contributed by atoms with Crippen molar-refractivity contribution in [2.45, 2.75) is 57.1 Å². The van der Waals surface area contributed by atoms with Crippen molar-refractivity contribution < 1.29 is 22.4 Å². The molecule has 0 aliphatic heterocycles. The number of hydrogen-bond acceptors (Lipinski definition) is 5. The number of unbranched alkanes of at least 4 members (excludes halogenated alkanes) is 1.